The number of aryl methyl sites for hydroxylation is 2. The lowest BCUT2D eigenvalue weighted by molar-refractivity contribution is -0.148. The van der Waals surface area contributed by atoms with Crippen molar-refractivity contribution in [2.24, 2.45) is 5.41 Å². The molecule has 0 amide bonds. The Hall–Kier alpha value is -3.15. The van der Waals surface area contributed by atoms with E-state index < -0.39 is 11.4 Å². The number of nitrogens with zero attached hydrogens (tertiary/aromatic N) is 2. The number of aromatic amines is 1. The molecular formula is C22H25N3O3. The molecule has 1 aromatic carbocycles. The van der Waals surface area contributed by atoms with E-state index >= 15 is 0 Å². The van der Waals surface area contributed by atoms with Crippen molar-refractivity contribution < 1.29 is 14.6 Å². The van der Waals surface area contributed by atoms with Crippen LogP contribution in [0.1, 0.15) is 32.2 Å². The van der Waals surface area contributed by atoms with Crippen LogP contribution in [0.15, 0.2) is 42.7 Å². The summed E-state index contributed by atoms with van der Waals surface area (Å²) in [5.74, 6) is 0.562. The van der Waals surface area contributed by atoms with Gasteiger partial charge in [0.25, 0.3) is 0 Å². The first kappa shape index (κ1) is 19.6. The molecule has 0 unspecified atom stereocenters. The van der Waals surface area contributed by atoms with Gasteiger partial charge < -0.3 is 14.8 Å². The zero-order valence-corrected chi connectivity index (χ0v) is 16.6. The van der Waals surface area contributed by atoms with Crippen LogP contribution in [0, 0.1) is 12.3 Å². The molecule has 0 atom stereocenters. The molecule has 0 aliphatic carbocycles. The van der Waals surface area contributed by atoms with Gasteiger partial charge in [-0.25, -0.2) is 4.98 Å². The van der Waals surface area contributed by atoms with Crippen LogP contribution in [0.4, 0.5) is 0 Å². The van der Waals surface area contributed by atoms with Crippen LogP contribution in [0.5, 0.6) is 5.75 Å². The molecule has 3 aromatic rings. The van der Waals surface area contributed by atoms with E-state index in [4.69, 9.17) is 4.74 Å². The van der Waals surface area contributed by atoms with Crippen LogP contribution >= 0.6 is 0 Å². The number of ether oxygens (including phenoxy) is 1. The molecule has 0 bridgehead atoms. The van der Waals surface area contributed by atoms with Gasteiger partial charge in [-0.1, -0.05) is 19.1 Å². The minimum atomic E-state index is -0.937. The third-order valence-electron chi connectivity index (χ3n) is 4.71. The highest BCUT2D eigenvalue weighted by atomic mass is 16.5. The highest BCUT2D eigenvalue weighted by Gasteiger charge is 2.28. The molecule has 146 valence electrons. The van der Waals surface area contributed by atoms with E-state index in [9.17, 15) is 9.90 Å². The molecule has 0 spiro atoms. The quantitative estimate of drug-likeness (QED) is 0.631. The van der Waals surface area contributed by atoms with Crippen molar-refractivity contribution >= 4 is 5.97 Å². The van der Waals surface area contributed by atoms with Gasteiger partial charge in [0.15, 0.2) is 0 Å². The maximum atomic E-state index is 11.2. The summed E-state index contributed by atoms with van der Waals surface area (Å²) >= 11 is 0. The monoisotopic (exact) mass is 379 g/mol. The lowest BCUT2D eigenvalue weighted by Gasteiger charge is -2.19. The molecule has 0 saturated carbocycles. The van der Waals surface area contributed by atoms with E-state index in [1.807, 2.05) is 43.6 Å². The van der Waals surface area contributed by atoms with Gasteiger partial charge in [-0.2, -0.15) is 0 Å². The molecule has 6 heteroatoms. The van der Waals surface area contributed by atoms with Crippen molar-refractivity contribution in [3.63, 3.8) is 0 Å². The number of hydrogen-bond donors (Lipinski definition) is 2. The van der Waals surface area contributed by atoms with Crippen molar-refractivity contribution in [1.82, 2.24) is 15.0 Å². The average molecular weight is 379 g/mol. The molecule has 0 saturated heterocycles. The zero-order valence-electron chi connectivity index (χ0n) is 16.6. The number of pyridine rings is 1. The first-order valence-electron chi connectivity index (χ1n) is 9.27. The molecule has 6 nitrogen and oxygen atoms in total. The Kier molecular flexibility index (Phi) is 5.49. The maximum absolute atomic E-state index is 11.2. The number of nitrogens with one attached hydrogen (secondary N) is 1. The lowest BCUT2D eigenvalue weighted by Crippen LogP contribution is -2.30. The highest BCUT2D eigenvalue weighted by Crippen LogP contribution is 2.29. The Bertz CT molecular complexity index is 975. The fourth-order valence-electron chi connectivity index (χ4n) is 2.70. The maximum Gasteiger partial charge on any atom is 0.312 e. The molecule has 2 N–H and O–H groups in total. The number of rotatable bonds is 7. The second-order valence-corrected chi connectivity index (χ2v) is 7.47. The molecule has 2 aromatic heterocycles. The SMILES string of the molecule is CCc1cnc(-c2cnc(C)c(-c3ccc(OCC(C)(C)C(=O)O)cc3)c2)[nH]1. The normalized spacial score (nSPS) is 11.4. The van der Waals surface area contributed by atoms with Gasteiger partial charge in [-0.05, 0) is 51.0 Å². The molecular weight excluding hydrogens is 354 g/mol. The number of H-pyrrole nitrogens is 1. The zero-order chi connectivity index (χ0) is 20.3. The van der Waals surface area contributed by atoms with Gasteiger partial charge in [0.2, 0.25) is 0 Å². The fourth-order valence-corrected chi connectivity index (χ4v) is 2.70. The highest BCUT2D eigenvalue weighted by molar-refractivity contribution is 5.74. The molecule has 0 radical (unpaired) electrons. The number of carbonyl (C=O) groups is 1. The van der Waals surface area contributed by atoms with Crippen LogP contribution in [-0.2, 0) is 11.2 Å². The third-order valence-corrected chi connectivity index (χ3v) is 4.71. The minimum Gasteiger partial charge on any atom is -0.492 e. The van der Waals surface area contributed by atoms with E-state index in [1.54, 1.807) is 13.8 Å². The minimum absolute atomic E-state index is 0.107. The van der Waals surface area contributed by atoms with Crippen molar-refractivity contribution in [2.75, 3.05) is 6.61 Å². The Labute approximate surface area is 164 Å². The summed E-state index contributed by atoms with van der Waals surface area (Å²) in [6.45, 7) is 7.44. The van der Waals surface area contributed by atoms with Crippen molar-refractivity contribution in [3.05, 3.63) is 54.1 Å². The topological polar surface area (TPSA) is 88.1 Å². The summed E-state index contributed by atoms with van der Waals surface area (Å²) in [4.78, 5) is 23.5. The van der Waals surface area contributed by atoms with Gasteiger partial charge in [0, 0.05) is 34.9 Å². The Morgan fingerprint density at radius 1 is 1.14 bits per heavy atom. The smallest absolute Gasteiger partial charge is 0.312 e. The summed E-state index contributed by atoms with van der Waals surface area (Å²) < 4.78 is 5.65. The number of carboxylic acids is 1. The summed E-state index contributed by atoms with van der Waals surface area (Å²) in [7, 11) is 0. The number of carboxylic acid groups (broad SMARTS) is 1. The molecule has 0 aliphatic rings. The average Bonchev–Trinajstić information content (AvgIpc) is 3.16. The van der Waals surface area contributed by atoms with Crippen LogP contribution in [0.2, 0.25) is 0 Å². The number of aromatic nitrogens is 3. The van der Waals surface area contributed by atoms with Gasteiger partial charge in [0.05, 0.1) is 5.41 Å². The fraction of sp³-hybridized carbons (Fsp3) is 0.318. The molecule has 3 rings (SSSR count). The third kappa shape index (κ3) is 4.22. The largest absolute Gasteiger partial charge is 0.492 e. The van der Waals surface area contributed by atoms with Gasteiger partial charge in [-0.15, -0.1) is 0 Å². The second kappa shape index (κ2) is 7.84. The van der Waals surface area contributed by atoms with Crippen LogP contribution in [-0.4, -0.2) is 32.6 Å². The molecule has 0 fully saturated rings. The molecule has 28 heavy (non-hydrogen) atoms. The van der Waals surface area contributed by atoms with Gasteiger partial charge in [-0.3, -0.25) is 9.78 Å². The summed E-state index contributed by atoms with van der Waals surface area (Å²) in [5.41, 5.74) is 4.04. The van der Waals surface area contributed by atoms with E-state index in [2.05, 4.69) is 27.9 Å². The van der Waals surface area contributed by atoms with E-state index in [0.29, 0.717) is 5.75 Å². The first-order valence-corrected chi connectivity index (χ1v) is 9.27. The lowest BCUT2D eigenvalue weighted by atomic mass is 9.95. The second-order valence-electron chi connectivity index (χ2n) is 7.47. The number of aliphatic carboxylic acids is 1. The molecule has 0 aliphatic heterocycles. The summed E-state index contributed by atoms with van der Waals surface area (Å²) in [6, 6.07) is 9.68. The standard InChI is InChI=1S/C22H25N3O3/c1-5-17-12-24-20(25-17)16-10-19(14(2)23-11-16)15-6-8-18(9-7-15)28-13-22(3,4)21(26)27/h6-12H,5,13H2,1-4H3,(H,24,25)(H,26,27). The number of imidazole rings is 1. The Morgan fingerprint density at radius 3 is 2.46 bits per heavy atom. The van der Waals surface area contributed by atoms with E-state index in [1.165, 1.54) is 0 Å². The predicted molar refractivity (Wildman–Crippen MR) is 108 cm³/mol. The van der Waals surface area contributed by atoms with Crippen molar-refractivity contribution in [2.45, 2.75) is 34.1 Å². The first-order chi connectivity index (χ1) is 13.3. The predicted octanol–water partition coefficient (Wildman–Crippen LogP) is 4.50. The Morgan fingerprint density at radius 2 is 1.86 bits per heavy atom. The van der Waals surface area contributed by atoms with E-state index in [0.717, 1.165) is 40.3 Å². The number of benzene rings is 1. The summed E-state index contributed by atoms with van der Waals surface area (Å²) in [6.07, 6.45) is 4.57. The number of hydrogen-bond acceptors (Lipinski definition) is 4. The van der Waals surface area contributed by atoms with Crippen LogP contribution < -0.4 is 4.74 Å². The van der Waals surface area contributed by atoms with E-state index in [-0.39, 0.29) is 6.61 Å². The van der Waals surface area contributed by atoms with Crippen molar-refractivity contribution in [3.8, 4) is 28.3 Å². The van der Waals surface area contributed by atoms with Crippen molar-refractivity contribution in [1.29, 1.82) is 0 Å². The summed E-state index contributed by atoms with van der Waals surface area (Å²) in [5, 5.41) is 9.19. The van der Waals surface area contributed by atoms with Crippen LogP contribution in [0.3, 0.4) is 0 Å². The van der Waals surface area contributed by atoms with Gasteiger partial charge in [0.1, 0.15) is 18.2 Å². The Balaban J connectivity index is 1.81. The van der Waals surface area contributed by atoms with Gasteiger partial charge >= 0.3 is 5.97 Å². The molecule has 2 heterocycles. The van der Waals surface area contributed by atoms with Crippen LogP contribution in [0.25, 0.3) is 22.5 Å².